The summed E-state index contributed by atoms with van der Waals surface area (Å²) in [7, 11) is 0. The fraction of sp³-hybridized carbons (Fsp3) is 0.429. The van der Waals surface area contributed by atoms with Gasteiger partial charge >= 0.3 is 0 Å². The number of rotatable bonds is 0. The molecule has 98 valence electrons. The van der Waals surface area contributed by atoms with Gasteiger partial charge in [-0.15, -0.1) is 0 Å². The quantitative estimate of drug-likeness (QED) is 0.256. The molecule has 4 aliphatic carbocycles. The van der Waals surface area contributed by atoms with Crippen LogP contribution in [0.1, 0.15) is 12.8 Å². The maximum absolute atomic E-state index is 3.03. The number of hydrogen-bond acceptors (Lipinski definition) is 0. The molecule has 2 radical (unpaired) electrons. The first-order valence-corrected chi connectivity index (χ1v) is 4.94. The molecule has 0 spiro atoms. The first-order valence-electron chi connectivity index (χ1n) is 4.94. The summed E-state index contributed by atoms with van der Waals surface area (Å²) >= 11 is 0. The third kappa shape index (κ3) is 4.63. The zero-order valence-electron chi connectivity index (χ0n) is 9.15. The van der Waals surface area contributed by atoms with Crippen molar-refractivity contribution in [1.29, 1.82) is 0 Å². The monoisotopic (exact) mass is 452 g/mol. The Morgan fingerprint density at radius 3 is 0.667 bits per heavy atom. The van der Waals surface area contributed by atoms with Gasteiger partial charge in [0.1, 0.15) is 0 Å². The maximum atomic E-state index is 3.03. The van der Waals surface area contributed by atoms with E-state index in [1.807, 2.05) is 0 Å². The molecule has 0 nitrogen and oxygen atoms in total. The van der Waals surface area contributed by atoms with E-state index < -0.39 is 0 Å². The molecule has 4 bridgehead atoms. The number of fused-ring (bicyclic) bond motifs is 4. The Morgan fingerprint density at radius 1 is 0.444 bits per heavy atom. The van der Waals surface area contributed by atoms with Gasteiger partial charge in [-0.2, -0.15) is 0 Å². The van der Waals surface area contributed by atoms with E-state index in [4.69, 9.17) is 0 Å². The zero-order valence-corrected chi connectivity index (χ0v) is 13.9. The average Bonchev–Trinajstić information content (AvgIpc) is 3.01. The Morgan fingerprint density at radius 2 is 0.611 bits per heavy atom. The predicted molar refractivity (Wildman–Crippen MR) is 54.3 cm³/mol. The minimum Gasteiger partial charge on any atom is -1.00 e. The molecule has 0 aromatic carbocycles. The van der Waals surface area contributed by atoms with Gasteiger partial charge in [0.25, 0.3) is 0 Å². The van der Waals surface area contributed by atoms with E-state index in [9.17, 15) is 0 Å². The molecule has 0 fully saturated rings. The van der Waals surface area contributed by atoms with Gasteiger partial charge in [0.15, 0.2) is 0 Å². The van der Waals surface area contributed by atoms with Crippen molar-refractivity contribution in [2.45, 2.75) is 12.8 Å². The zero-order chi connectivity index (χ0) is 9.38. The van der Waals surface area contributed by atoms with E-state index in [1.54, 1.807) is 0 Å². The van der Waals surface area contributed by atoms with Gasteiger partial charge in [0, 0.05) is 39.0 Å². The van der Waals surface area contributed by atoms with E-state index in [0.29, 0.717) is 23.7 Å². The van der Waals surface area contributed by atoms with Crippen LogP contribution >= 0.6 is 0 Å². The van der Waals surface area contributed by atoms with Crippen molar-refractivity contribution in [3.63, 3.8) is 0 Å². The van der Waals surface area contributed by atoms with Crippen LogP contribution in [-0.2, 0) is 39.0 Å². The molecule has 0 unspecified atom stereocenters. The summed E-state index contributed by atoms with van der Waals surface area (Å²) in [6.45, 7) is 0. The molecule has 0 heterocycles. The molecule has 4 heteroatoms. The number of hydrogen-bond donors (Lipinski definition) is 0. The van der Waals surface area contributed by atoms with Crippen LogP contribution in [0.15, 0.2) is 0 Å². The second kappa shape index (κ2) is 9.05. The summed E-state index contributed by atoms with van der Waals surface area (Å²) in [4.78, 5) is 0. The SMILES string of the molecule is C1#CC2C#CC1C2.C1#CC2C#CC1C2.[Cl-].[Cl-].[Rh].[Rh]. The van der Waals surface area contributed by atoms with Crippen molar-refractivity contribution in [1.82, 2.24) is 0 Å². The van der Waals surface area contributed by atoms with E-state index in [2.05, 4.69) is 47.4 Å². The molecular weight excluding hydrogens is 445 g/mol. The predicted octanol–water partition coefficient (Wildman–Crippen LogP) is -4.71. The van der Waals surface area contributed by atoms with Gasteiger partial charge in [-0.1, -0.05) is 47.4 Å². The van der Waals surface area contributed by atoms with E-state index in [-0.39, 0.29) is 63.8 Å². The molecule has 0 aromatic heterocycles. The van der Waals surface area contributed by atoms with Gasteiger partial charge in [-0.3, -0.25) is 0 Å². The van der Waals surface area contributed by atoms with Crippen molar-refractivity contribution in [2.24, 2.45) is 23.7 Å². The van der Waals surface area contributed by atoms with Crippen LogP contribution in [0.3, 0.4) is 0 Å². The summed E-state index contributed by atoms with van der Waals surface area (Å²) in [6, 6.07) is 0. The Balaban J connectivity index is 0. The normalized spacial score (nSPS) is 30.2. The summed E-state index contributed by atoms with van der Waals surface area (Å²) < 4.78 is 0. The maximum Gasteiger partial charge on any atom is 0.0833 e. The van der Waals surface area contributed by atoms with Gasteiger partial charge in [-0.05, 0) is 12.8 Å². The minimum atomic E-state index is 0. The molecule has 4 rings (SSSR count). The van der Waals surface area contributed by atoms with Gasteiger partial charge < -0.3 is 24.8 Å². The van der Waals surface area contributed by atoms with Crippen LogP contribution in [0, 0.1) is 71.0 Å². The Labute approximate surface area is 147 Å². The van der Waals surface area contributed by atoms with Crippen molar-refractivity contribution in [3.05, 3.63) is 0 Å². The largest absolute Gasteiger partial charge is 1.00 e. The van der Waals surface area contributed by atoms with Crippen LogP contribution in [-0.4, -0.2) is 0 Å². The van der Waals surface area contributed by atoms with Gasteiger partial charge in [0.2, 0.25) is 0 Å². The average molecular weight is 453 g/mol. The Kier molecular flexibility index (Phi) is 10.2. The first kappa shape index (κ1) is 20.4. The molecule has 0 N–H and O–H groups in total. The van der Waals surface area contributed by atoms with Crippen molar-refractivity contribution < 1.29 is 63.8 Å². The molecule has 0 saturated carbocycles. The first-order chi connectivity index (χ1) is 6.90. The van der Waals surface area contributed by atoms with Crippen LogP contribution in [0.2, 0.25) is 0 Å². The summed E-state index contributed by atoms with van der Waals surface area (Å²) in [5, 5.41) is 0. The van der Waals surface area contributed by atoms with Crippen LogP contribution in [0.4, 0.5) is 0 Å². The number of halogens is 2. The fourth-order valence-electron chi connectivity index (χ4n) is 1.89. The Hall–Kier alpha value is 0.0668. The van der Waals surface area contributed by atoms with E-state index in [0.717, 1.165) is 12.8 Å². The van der Waals surface area contributed by atoms with Crippen molar-refractivity contribution in [2.75, 3.05) is 0 Å². The second-order valence-electron chi connectivity index (χ2n) is 3.84. The molecule has 18 heavy (non-hydrogen) atoms. The Bertz CT molecular complexity index is 395. The fourth-order valence-corrected chi connectivity index (χ4v) is 1.89. The molecule has 0 saturated heterocycles. The molecule has 0 aromatic rings. The topological polar surface area (TPSA) is 0 Å². The summed E-state index contributed by atoms with van der Waals surface area (Å²) in [5.74, 6) is 26.1. The molecule has 4 aliphatic rings. The molecule has 0 aliphatic heterocycles. The third-order valence-electron chi connectivity index (χ3n) is 2.67. The second-order valence-corrected chi connectivity index (χ2v) is 3.84. The van der Waals surface area contributed by atoms with Gasteiger partial charge in [-0.25, -0.2) is 0 Å². The molecular formula is C14H8Cl2Rh2-2. The molecule has 0 amide bonds. The van der Waals surface area contributed by atoms with E-state index >= 15 is 0 Å². The summed E-state index contributed by atoms with van der Waals surface area (Å²) in [5.41, 5.74) is 0. The van der Waals surface area contributed by atoms with Crippen LogP contribution in [0.25, 0.3) is 0 Å². The summed E-state index contributed by atoms with van der Waals surface area (Å²) in [6.07, 6.45) is 2.28. The van der Waals surface area contributed by atoms with Crippen LogP contribution in [0.5, 0.6) is 0 Å². The minimum absolute atomic E-state index is 0. The third-order valence-corrected chi connectivity index (χ3v) is 2.67. The smallest absolute Gasteiger partial charge is 0.0833 e. The molecule has 0 atom stereocenters. The van der Waals surface area contributed by atoms with Crippen molar-refractivity contribution >= 4 is 0 Å². The van der Waals surface area contributed by atoms with Crippen LogP contribution < -0.4 is 24.8 Å². The van der Waals surface area contributed by atoms with Crippen molar-refractivity contribution in [3.8, 4) is 47.4 Å². The standard InChI is InChI=1S/2C7H4.2ClH.2Rh/c2*1-2-7-4-3-6(1)5-7;;;;/h2*6-7H,5H2;2*1H;;/p-2. The van der Waals surface area contributed by atoms with E-state index in [1.165, 1.54) is 0 Å². The van der Waals surface area contributed by atoms with Gasteiger partial charge in [0.05, 0.1) is 23.7 Å².